The van der Waals surface area contributed by atoms with Gasteiger partial charge in [-0.3, -0.25) is 4.79 Å². The van der Waals surface area contributed by atoms with E-state index in [1.54, 1.807) is 18.2 Å². The molecule has 1 fully saturated rings. The standard InChI is InChI=1S/C16H22Cl2N2O/c1-11-5-7-12(8-6-11)9-19-10-15(21)20-16-13(17)3-2-4-14(16)18/h2-4,11-12,19H,5-10H2,1H3,(H,20,21). The van der Waals surface area contributed by atoms with Crippen molar-refractivity contribution in [2.45, 2.75) is 32.6 Å². The molecule has 0 heterocycles. The van der Waals surface area contributed by atoms with Crippen molar-refractivity contribution in [3.63, 3.8) is 0 Å². The first-order chi connectivity index (χ1) is 10.1. The van der Waals surface area contributed by atoms with E-state index in [1.807, 2.05) is 0 Å². The molecule has 116 valence electrons. The second-order valence-corrected chi connectivity index (χ2v) is 6.72. The molecule has 0 radical (unpaired) electrons. The molecular weight excluding hydrogens is 307 g/mol. The zero-order valence-electron chi connectivity index (χ0n) is 12.3. The van der Waals surface area contributed by atoms with Gasteiger partial charge in [0.15, 0.2) is 0 Å². The van der Waals surface area contributed by atoms with Gasteiger partial charge in [-0.1, -0.05) is 49.0 Å². The van der Waals surface area contributed by atoms with Crippen molar-refractivity contribution in [2.24, 2.45) is 11.8 Å². The monoisotopic (exact) mass is 328 g/mol. The van der Waals surface area contributed by atoms with Gasteiger partial charge in [0, 0.05) is 0 Å². The van der Waals surface area contributed by atoms with Gasteiger partial charge in [0.2, 0.25) is 5.91 Å². The minimum atomic E-state index is -0.117. The third-order valence-electron chi connectivity index (χ3n) is 4.08. The van der Waals surface area contributed by atoms with Crippen molar-refractivity contribution < 1.29 is 4.79 Å². The first-order valence-electron chi connectivity index (χ1n) is 7.51. The molecule has 0 saturated heterocycles. The molecular formula is C16H22Cl2N2O. The zero-order chi connectivity index (χ0) is 15.2. The topological polar surface area (TPSA) is 41.1 Å². The molecule has 1 aliphatic rings. The fraction of sp³-hybridized carbons (Fsp3) is 0.562. The molecule has 1 aliphatic carbocycles. The number of hydrogen-bond acceptors (Lipinski definition) is 2. The van der Waals surface area contributed by atoms with Crippen LogP contribution in [0.4, 0.5) is 5.69 Å². The highest BCUT2D eigenvalue weighted by Crippen LogP contribution is 2.30. The summed E-state index contributed by atoms with van der Waals surface area (Å²) in [5.74, 6) is 1.43. The first-order valence-corrected chi connectivity index (χ1v) is 8.26. The molecule has 1 aromatic rings. The van der Waals surface area contributed by atoms with Crippen LogP contribution in [-0.4, -0.2) is 19.0 Å². The highest BCUT2D eigenvalue weighted by molar-refractivity contribution is 6.39. The average Bonchev–Trinajstić information content (AvgIpc) is 2.45. The molecule has 2 N–H and O–H groups in total. The molecule has 2 rings (SSSR count). The largest absolute Gasteiger partial charge is 0.322 e. The molecule has 0 aliphatic heterocycles. The lowest BCUT2D eigenvalue weighted by atomic mass is 9.83. The Morgan fingerprint density at radius 3 is 2.43 bits per heavy atom. The molecule has 0 aromatic heterocycles. The Bertz CT molecular complexity index is 465. The highest BCUT2D eigenvalue weighted by atomic mass is 35.5. The lowest BCUT2D eigenvalue weighted by molar-refractivity contribution is -0.115. The number of carbonyl (C=O) groups excluding carboxylic acids is 1. The number of carbonyl (C=O) groups is 1. The van der Waals surface area contributed by atoms with E-state index in [2.05, 4.69) is 17.6 Å². The maximum Gasteiger partial charge on any atom is 0.238 e. The predicted octanol–water partition coefficient (Wildman–Crippen LogP) is 4.35. The SMILES string of the molecule is CC1CCC(CNCC(=O)Nc2c(Cl)cccc2Cl)CC1. The molecule has 3 nitrogen and oxygen atoms in total. The van der Waals surface area contributed by atoms with Crippen molar-refractivity contribution >= 4 is 34.8 Å². The fourth-order valence-electron chi connectivity index (χ4n) is 2.72. The van der Waals surface area contributed by atoms with E-state index >= 15 is 0 Å². The van der Waals surface area contributed by atoms with E-state index in [1.165, 1.54) is 25.7 Å². The van der Waals surface area contributed by atoms with Crippen LogP contribution >= 0.6 is 23.2 Å². The summed E-state index contributed by atoms with van der Waals surface area (Å²) < 4.78 is 0. The molecule has 0 bridgehead atoms. The van der Waals surface area contributed by atoms with E-state index in [-0.39, 0.29) is 12.5 Å². The summed E-state index contributed by atoms with van der Waals surface area (Å²) in [5.41, 5.74) is 0.485. The maximum atomic E-state index is 11.9. The third-order valence-corrected chi connectivity index (χ3v) is 4.71. The minimum absolute atomic E-state index is 0.117. The van der Waals surface area contributed by atoms with Crippen molar-refractivity contribution in [2.75, 3.05) is 18.4 Å². The van der Waals surface area contributed by atoms with Crippen LogP contribution in [-0.2, 0) is 4.79 Å². The van der Waals surface area contributed by atoms with Gasteiger partial charge in [-0.2, -0.15) is 0 Å². The number of benzene rings is 1. The van der Waals surface area contributed by atoms with Crippen LogP contribution in [0.1, 0.15) is 32.6 Å². The van der Waals surface area contributed by atoms with Gasteiger partial charge in [-0.05, 0) is 43.4 Å². The van der Waals surface area contributed by atoms with Crippen molar-refractivity contribution in [1.82, 2.24) is 5.32 Å². The van der Waals surface area contributed by atoms with Crippen LogP contribution in [0.25, 0.3) is 0 Å². The summed E-state index contributed by atoms with van der Waals surface area (Å²) in [6.45, 7) is 3.49. The van der Waals surface area contributed by atoms with Gasteiger partial charge in [-0.25, -0.2) is 0 Å². The summed E-state index contributed by atoms with van der Waals surface area (Å²) in [4.78, 5) is 11.9. The van der Waals surface area contributed by atoms with E-state index in [4.69, 9.17) is 23.2 Å². The molecule has 21 heavy (non-hydrogen) atoms. The summed E-state index contributed by atoms with van der Waals surface area (Å²) in [7, 11) is 0. The van der Waals surface area contributed by atoms with Gasteiger partial charge in [0.1, 0.15) is 0 Å². The number of rotatable bonds is 5. The lowest BCUT2D eigenvalue weighted by Crippen LogP contribution is -2.33. The van der Waals surface area contributed by atoms with Gasteiger partial charge in [0.25, 0.3) is 0 Å². The minimum Gasteiger partial charge on any atom is -0.322 e. The first kappa shape index (κ1) is 16.6. The smallest absolute Gasteiger partial charge is 0.238 e. The summed E-state index contributed by atoms with van der Waals surface area (Å²) in [5, 5.41) is 6.90. The summed E-state index contributed by atoms with van der Waals surface area (Å²) in [6, 6.07) is 5.17. The second-order valence-electron chi connectivity index (χ2n) is 5.90. The number of para-hydroxylation sites is 1. The Morgan fingerprint density at radius 1 is 1.19 bits per heavy atom. The van der Waals surface area contributed by atoms with Crippen molar-refractivity contribution in [3.05, 3.63) is 28.2 Å². The predicted molar refractivity (Wildman–Crippen MR) is 89.1 cm³/mol. The number of anilines is 1. The number of amides is 1. The number of halogens is 2. The van der Waals surface area contributed by atoms with Crippen LogP contribution < -0.4 is 10.6 Å². The number of hydrogen-bond donors (Lipinski definition) is 2. The molecule has 0 spiro atoms. The summed E-state index contributed by atoms with van der Waals surface area (Å²) in [6.07, 6.45) is 5.11. The van der Waals surface area contributed by atoms with Crippen LogP contribution in [0.15, 0.2) is 18.2 Å². The molecule has 1 saturated carbocycles. The van der Waals surface area contributed by atoms with E-state index < -0.39 is 0 Å². The van der Waals surface area contributed by atoms with Gasteiger partial charge in [0.05, 0.1) is 22.3 Å². The Hall–Kier alpha value is -0.770. The summed E-state index contributed by atoms with van der Waals surface area (Å²) >= 11 is 12.0. The van der Waals surface area contributed by atoms with Crippen LogP contribution in [0.5, 0.6) is 0 Å². The Labute approximate surface area is 136 Å². The van der Waals surface area contributed by atoms with Gasteiger partial charge < -0.3 is 10.6 Å². The Morgan fingerprint density at radius 2 is 1.81 bits per heavy atom. The van der Waals surface area contributed by atoms with Crippen molar-refractivity contribution in [3.8, 4) is 0 Å². The second kappa shape index (κ2) is 8.02. The fourth-order valence-corrected chi connectivity index (χ4v) is 3.22. The third kappa shape index (κ3) is 5.17. The maximum absolute atomic E-state index is 11.9. The molecule has 5 heteroatoms. The van der Waals surface area contributed by atoms with E-state index in [9.17, 15) is 4.79 Å². The average molecular weight is 329 g/mol. The van der Waals surface area contributed by atoms with Crippen LogP contribution in [0, 0.1) is 11.8 Å². The Balaban J connectivity index is 1.73. The number of nitrogens with one attached hydrogen (secondary N) is 2. The van der Waals surface area contributed by atoms with Crippen LogP contribution in [0.2, 0.25) is 10.0 Å². The normalized spacial score (nSPS) is 22.0. The molecule has 1 amide bonds. The van der Waals surface area contributed by atoms with Gasteiger partial charge >= 0.3 is 0 Å². The zero-order valence-corrected chi connectivity index (χ0v) is 13.8. The molecule has 0 unspecified atom stereocenters. The molecule has 0 atom stereocenters. The Kier molecular flexibility index (Phi) is 6.34. The van der Waals surface area contributed by atoms with E-state index in [0.717, 1.165) is 12.5 Å². The van der Waals surface area contributed by atoms with Gasteiger partial charge in [-0.15, -0.1) is 0 Å². The highest BCUT2D eigenvalue weighted by Gasteiger charge is 2.18. The van der Waals surface area contributed by atoms with E-state index in [0.29, 0.717) is 21.7 Å². The molecule has 1 aromatic carbocycles. The van der Waals surface area contributed by atoms with Crippen LogP contribution in [0.3, 0.4) is 0 Å². The lowest BCUT2D eigenvalue weighted by Gasteiger charge is -2.26. The van der Waals surface area contributed by atoms with Crippen molar-refractivity contribution in [1.29, 1.82) is 0 Å². The quantitative estimate of drug-likeness (QED) is 0.843.